The van der Waals surface area contributed by atoms with E-state index in [4.69, 9.17) is 9.84 Å². The van der Waals surface area contributed by atoms with E-state index >= 15 is 0 Å². The molecule has 1 saturated heterocycles. The zero-order valence-electron chi connectivity index (χ0n) is 12.5. The molecule has 2 N–H and O–H groups in total. The lowest BCUT2D eigenvalue weighted by Gasteiger charge is -2.40. The Hall–Kier alpha value is -2.08. The molecule has 0 saturated carbocycles. The van der Waals surface area contributed by atoms with Crippen molar-refractivity contribution in [1.82, 2.24) is 10.2 Å². The maximum atomic E-state index is 12.2. The summed E-state index contributed by atoms with van der Waals surface area (Å²) in [6, 6.07) is 7.50. The molecule has 6 nitrogen and oxygen atoms in total. The second-order valence-corrected chi connectivity index (χ2v) is 5.94. The SMILES string of the molecule is C[C@@H](NC(=O)O)C(=O)N1CCC2(CC1)OCc1ccccc12. The van der Waals surface area contributed by atoms with Crippen LogP contribution in [0.15, 0.2) is 24.3 Å². The number of benzene rings is 1. The number of likely N-dealkylation sites (tertiary alicyclic amines) is 1. The van der Waals surface area contributed by atoms with Crippen LogP contribution in [0, 0.1) is 0 Å². The van der Waals surface area contributed by atoms with Crippen molar-refractivity contribution in [3.05, 3.63) is 35.4 Å². The molecular weight excluding hydrogens is 284 g/mol. The Labute approximate surface area is 129 Å². The van der Waals surface area contributed by atoms with Crippen molar-refractivity contribution in [3.63, 3.8) is 0 Å². The van der Waals surface area contributed by atoms with Crippen LogP contribution in [0.3, 0.4) is 0 Å². The lowest BCUT2D eigenvalue weighted by atomic mass is 9.83. The first-order valence-electron chi connectivity index (χ1n) is 7.52. The fourth-order valence-electron chi connectivity index (χ4n) is 3.41. The molecule has 2 heterocycles. The van der Waals surface area contributed by atoms with Crippen molar-refractivity contribution >= 4 is 12.0 Å². The van der Waals surface area contributed by atoms with Crippen LogP contribution >= 0.6 is 0 Å². The molecule has 118 valence electrons. The Morgan fingerprint density at radius 3 is 2.68 bits per heavy atom. The maximum absolute atomic E-state index is 12.2. The van der Waals surface area contributed by atoms with Crippen molar-refractivity contribution in [3.8, 4) is 0 Å². The third kappa shape index (κ3) is 2.54. The average molecular weight is 304 g/mol. The fraction of sp³-hybridized carbons (Fsp3) is 0.500. The predicted octanol–water partition coefficient (Wildman–Crippen LogP) is 1.69. The van der Waals surface area contributed by atoms with Crippen LogP contribution < -0.4 is 5.32 Å². The van der Waals surface area contributed by atoms with E-state index in [1.165, 1.54) is 11.1 Å². The van der Waals surface area contributed by atoms with Gasteiger partial charge in [-0.2, -0.15) is 0 Å². The Balaban J connectivity index is 1.66. The Kier molecular flexibility index (Phi) is 3.78. The minimum atomic E-state index is -1.18. The molecular formula is C16H20N2O4. The van der Waals surface area contributed by atoms with Crippen LogP contribution in [0.4, 0.5) is 4.79 Å². The molecule has 2 aliphatic rings. The van der Waals surface area contributed by atoms with Crippen LogP contribution in [0.25, 0.3) is 0 Å². The van der Waals surface area contributed by atoms with Crippen LogP contribution in [0.2, 0.25) is 0 Å². The van der Waals surface area contributed by atoms with Gasteiger partial charge >= 0.3 is 6.09 Å². The molecule has 0 aromatic heterocycles. The minimum Gasteiger partial charge on any atom is -0.465 e. The Morgan fingerprint density at radius 1 is 1.32 bits per heavy atom. The number of ether oxygens (including phenoxy) is 1. The second-order valence-electron chi connectivity index (χ2n) is 5.94. The van der Waals surface area contributed by atoms with E-state index in [-0.39, 0.29) is 11.5 Å². The molecule has 1 aromatic carbocycles. The molecule has 0 radical (unpaired) electrons. The van der Waals surface area contributed by atoms with Gasteiger partial charge in [-0.1, -0.05) is 24.3 Å². The standard InChI is InChI=1S/C16H20N2O4/c1-11(17-15(20)21)14(19)18-8-6-16(7-9-18)13-5-3-2-4-12(13)10-22-16/h2-5,11,17H,6-10H2,1H3,(H,20,21)/t11-/m1/s1. The van der Waals surface area contributed by atoms with Gasteiger partial charge in [-0.15, -0.1) is 0 Å². The third-order valence-corrected chi connectivity index (χ3v) is 4.61. The van der Waals surface area contributed by atoms with Crippen LogP contribution in [-0.4, -0.2) is 41.1 Å². The number of carboxylic acid groups (broad SMARTS) is 1. The summed E-state index contributed by atoms with van der Waals surface area (Å²) >= 11 is 0. The highest BCUT2D eigenvalue weighted by Crippen LogP contribution is 2.43. The molecule has 1 atom stereocenters. The zero-order chi connectivity index (χ0) is 15.7. The van der Waals surface area contributed by atoms with E-state index in [1.807, 2.05) is 12.1 Å². The van der Waals surface area contributed by atoms with E-state index in [9.17, 15) is 9.59 Å². The molecule has 0 unspecified atom stereocenters. The Morgan fingerprint density at radius 2 is 2.00 bits per heavy atom. The van der Waals surface area contributed by atoms with Gasteiger partial charge in [-0.25, -0.2) is 4.79 Å². The lowest BCUT2D eigenvalue weighted by Crippen LogP contribution is -2.51. The first kappa shape index (κ1) is 14.8. The number of fused-ring (bicyclic) bond motifs is 2. The summed E-state index contributed by atoms with van der Waals surface area (Å²) < 4.78 is 6.06. The van der Waals surface area contributed by atoms with Gasteiger partial charge in [0.1, 0.15) is 6.04 Å². The van der Waals surface area contributed by atoms with Crippen molar-refractivity contribution in [2.24, 2.45) is 0 Å². The van der Waals surface area contributed by atoms with Gasteiger partial charge < -0.3 is 20.1 Å². The van der Waals surface area contributed by atoms with E-state index in [0.717, 1.165) is 12.8 Å². The van der Waals surface area contributed by atoms with Gasteiger partial charge in [-0.05, 0) is 30.9 Å². The summed E-state index contributed by atoms with van der Waals surface area (Å²) in [5.41, 5.74) is 2.18. The van der Waals surface area contributed by atoms with Crippen LogP contribution in [0.1, 0.15) is 30.9 Å². The molecule has 1 fully saturated rings. The number of hydrogen-bond acceptors (Lipinski definition) is 3. The van der Waals surface area contributed by atoms with Gasteiger partial charge in [0.25, 0.3) is 0 Å². The largest absolute Gasteiger partial charge is 0.465 e. The molecule has 22 heavy (non-hydrogen) atoms. The third-order valence-electron chi connectivity index (χ3n) is 4.61. The number of nitrogens with zero attached hydrogens (tertiary/aromatic N) is 1. The smallest absolute Gasteiger partial charge is 0.405 e. The predicted molar refractivity (Wildman–Crippen MR) is 79.3 cm³/mol. The normalized spacial score (nSPS) is 20.5. The van der Waals surface area contributed by atoms with Gasteiger partial charge in [0.05, 0.1) is 12.2 Å². The number of amides is 2. The van der Waals surface area contributed by atoms with Crippen molar-refractivity contribution in [2.75, 3.05) is 13.1 Å². The lowest BCUT2D eigenvalue weighted by molar-refractivity contribution is -0.140. The summed E-state index contributed by atoms with van der Waals surface area (Å²) in [5.74, 6) is -0.177. The first-order chi connectivity index (χ1) is 10.5. The van der Waals surface area contributed by atoms with Gasteiger partial charge in [0, 0.05) is 13.1 Å². The summed E-state index contributed by atoms with van der Waals surface area (Å²) in [6.45, 7) is 3.36. The highest BCUT2D eigenvalue weighted by Gasteiger charge is 2.43. The summed E-state index contributed by atoms with van der Waals surface area (Å²) in [4.78, 5) is 24.6. The maximum Gasteiger partial charge on any atom is 0.405 e. The van der Waals surface area contributed by atoms with Crippen molar-refractivity contribution in [2.45, 2.75) is 38.0 Å². The molecule has 3 rings (SSSR count). The van der Waals surface area contributed by atoms with Gasteiger partial charge in [0.15, 0.2) is 0 Å². The molecule has 2 amide bonds. The number of carbonyl (C=O) groups is 2. The highest BCUT2D eigenvalue weighted by atomic mass is 16.5. The number of carbonyl (C=O) groups excluding carboxylic acids is 1. The quantitative estimate of drug-likeness (QED) is 0.871. The molecule has 1 aromatic rings. The summed E-state index contributed by atoms with van der Waals surface area (Å²) in [5, 5.41) is 10.9. The van der Waals surface area contributed by atoms with Crippen molar-refractivity contribution < 1.29 is 19.4 Å². The van der Waals surface area contributed by atoms with E-state index in [1.54, 1.807) is 11.8 Å². The summed E-state index contributed by atoms with van der Waals surface area (Å²) in [6.07, 6.45) is 0.313. The molecule has 6 heteroatoms. The average Bonchev–Trinajstić information content (AvgIpc) is 2.86. The monoisotopic (exact) mass is 304 g/mol. The van der Waals surface area contributed by atoms with Gasteiger partial charge in [0.2, 0.25) is 5.91 Å². The molecule has 1 spiro atoms. The van der Waals surface area contributed by atoms with E-state index < -0.39 is 12.1 Å². The van der Waals surface area contributed by atoms with E-state index in [2.05, 4.69) is 17.4 Å². The molecule has 0 aliphatic carbocycles. The Bertz CT molecular complexity index is 594. The number of nitrogens with one attached hydrogen (secondary N) is 1. The highest BCUT2D eigenvalue weighted by molar-refractivity contribution is 5.85. The van der Waals surface area contributed by atoms with Crippen LogP contribution in [-0.2, 0) is 21.7 Å². The summed E-state index contributed by atoms with van der Waals surface area (Å²) in [7, 11) is 0. The minimum absolute atomic E-state index is 0.177. The molecule has 2 aliphatic heterocycles. The number of hydrogen-bond donors (Lipinski definition) is 2. The van der Waals surface area contributed by atoms with Crippen LogP contribution in [0.5, 0.6) is 0 Å². The second kappa shape index (κ2) is 5.61. The number of piperidine rings is 1. The van der Waals surface area contributed by atoms with Crippen molar-refractivity contribution in [1.29, 1.82) is 0 Å². The number of rotatable bonds is 2. The topological polar surface area (TPSA) is 78.9 Å². The zero-order valence-corrected chi connectivity index (χ0v) is 12.5. The first-order valence-corrected chi connectivity index (χ1v) is 7.52. The van der Waals surface area contributed by atoms with Gasteiger partial charge in [-0.3, -0.25) is 4.79 Å². The fourth-order valence-corrected chi connectivity index (χ4v) is 3.41. The molecule has 0 bridgehead atoms. The van der Waals surface area contributed by atoms with E-state index in [0.29, 0.717) is 19.7 Å².